The number of hydrogen-bond acceptors (Lipinski definition) is 6. The second-order valence-electron chi connectivity index (χ2n) is 5.44. The van der Waals surface area contributed by atoms with Crippen molar-refractivity contribution >= 4 is 11.7 Å². The summed E-state index contributed by atoms with van der Waals surface area (Å²) in [7, 11) is 3.27. The Labute approximate surface area is 121 Å². The van der Waals surface area contributed by atoms with Gasteiger partial charge in [-0.1, -0.05) is 0 Å². The third kappa shape index (κ3) is 4.45. The quantitative estimate of drug-likeness (QED) is 0.403. The van der Waals surface area contributed by atoms with E-state index in [9.17, 15) is 4.79 Å². The molecule has 0 amide bonds. The molecule has 116 valence electrons. The average molecular weight is 286 g/mol. The Kier molecular flexibility index (Phi) is 6.42. The van der Waals surface area contributed by atoms with Crippen LogP contribution in [-0.2, 0) is 19.0 Å². The topological polar surface area (TPSA) is 60.4 Å². The van der Waals surface area contributed by atoms with Gasteiger partial charge in [-0.3, -0.25) is 5.01 Å². The van der Waals surface area contributed by atoms with Crippen LogP contribution in [0.1, 0.15) is 33.6 Å². The summed E-state index contributed by atoms with van der Waals surface area (Å²) in [5.74, 6) is -0.400. The summed E-state index contributed by atoms with van der Waals surface area (Å²) in [5.41, 5.74) is 0.0696. The zero-order valence-corrected chi connectivity index (χ0v) is 13.1. The lowest BCUT2D eigenvalue weighted by Crippen LogP contribution is -2.45. The van der Waals surface area contributed by atoms with Crippen LogP contribution in [0.15, 0.2) is 5.10 Å². The van der Waals surface area contributed by atoms with Gasteiger partial charge in [-0.25, -0.2) is 4.79 Å². The van der Waals surface area contributed by atoms with Gasteiger partial charge in [0, 0.05) is 20.8 Å². The van der Waals surface area contributed by atoms with Crippen molar-refractivity contribution in [2.45, 2.75) is 45.3 Å². The molecule has 0 radical (unpaired) electrons. The van der Waals surface area contributed by atoms with E-state index in [1.165, 1.54) is 0 Å². The van der Waals surface area contributed by atoms with Crippen LogP contribution in [0.5, 0.6) is 0 Å². The van der Waals surface area contributed by atoms with E-state index in [2.05, 4.69) is 5.10 Å². The van der Waals surface area contributed by atoms with Crippen LogP contribution in [-0.4, -0.2) is 62.3 Å². The lowest BCUT2D eigenvalue weighted by atomic mass is 9.97. The van der Waals surface area contributed by atoms with Crippen LogP contribution in [0.25, 0.3) is 0 Å². The molecule has 1 heterocycles. The summed E-state index contributed by atoms with van der Waals surface area (Å²) in [6.45, 7) is 7.22. The van der Waals surface area contributed by atoms with E-state index in [0.717, 1.165) is 19.4 Å². The monoisotopic (exact) mass is 286 g/mol. The minimum Gasteiger partial charge on any atom is -0.459 e. The van der Waals surface area contributed by atoms with E-state index in [-0.39, 0.29) is 18.2 Å². The van der Waals surface area contributed by atoms with Crippen molar-refractivity contribution in [3.63, 3.8) is 0 Å². The Bertz CT molecular complexity index is 355. The van der Waals surface area contributed by atoms with Crippen LogP contribution >= 0.6 is 0 Å². The number of hydrazone groups is 1. The molecular formula is C14H26N2O4. The number of hydrogen-bond donors (Lipinski definition) is 0. The van der Waals surface area contributed by atoms with Gasteiger partial charge in [0.2, 0.25) is 0 Å². The molecule has 1 aliphatic rings. The molecule has 0 unspecified atom stereocenters. The summed E-state index contributed by atoms with van der Waals surface area (Å²) in [6, 6.07) is 0.175. The maximum atomic E-state index is 11.8. The number of nitrogens with zero attached hydrogens (tertiary/aromatic N) is 2. The molecular weight excluding hydrogens is 260 g/mol. The molecule has 1 fully saturated rings. The van der Waals surface area contributed by atoms with Crippen molar-refractivity contribution in [2.24, 2.45) is 5.10 Å². The van der Waals surface area contributed by atoms with Crippen LogP contribution in [0.2, 0.25) is 0 Å². The third-order valence-corrected chi connectivity index (χ3v) is 3.65. The summed E-state index contributed by atoms with van der Waals surface area (Å²) in [4.78, 5) is 11.8. The highest BCUT2D eigenvalue weighted by atomic mass is 16.6. The van der Waals surface area contributed by atoms with E-state index >= 15 is 0 Å². The Morgan fingerprint density at radius 1 is 1.35 bits per heavy atom. The second-order valence-corrected chi connectivity index (χ2v) is 5.44. The van der Waals surface area contributed by atoms with E-state index in [4.69, 9.17) is 14.2 Å². The number of carbonyl (C=O) groups excluding carboxylic acids is 1. The molecule has 1 atom stereocenters. The van der Waals surface area contributed by atoms with Gasteiger partial charge in [0.15, 0.2) is 0 Å². The fourth-order valence-corrected chi connectivity index (χ4v) is 2.27. The molecule has 6 nitrogen and oxygen atoms in total. The SMILES string of the molecule is COCCOC(=O)/C(C)=N/N1CCC[C@H]1C(C)(C)OC. The zero-order valence-electron chi connectivity index (χ0n) is 13.1. The van der Waals surface area contributed by atoms with Crippen LogP contribution in [0.4, 0.5) is 0 Å². The number of rotatable bonds is 7. The first kappa shape index (κ1) is 16.9. The third-order valence-electron chi connectivity index (χ3n) is 3.65. The lowest BCUT2D eigenvalue weighted by molar-refractivity contribution is -0.137. The first-order valence-electron chi connectivity index (χ1n) is 6.95. The molecule has 0 bridgehead atoms. The maximum Gasteiger partial charge on any atom is 0.354 e. The van der Waals surface area contributed by atoms with Crippen LogP contribution in [0, 0.1) is 0 Å². The molecule has 0 N–H and O–H groups in total. The van der Waals surface area contributed by atoms with Crippen molar-refractivity contribution in [3.8, 4) is 0 Å². The Morgan fingerprint density at radius 3 is 2.65 bits per heavy atom. The van der Waals surface area contributed by atoms with Crippen molar-refractivity contribution in [2.75, 3.05) is 34.0 Å². The van der Waals surface area contributed by atoms with Crippen LogP contribution in [0.3, 0.4) is 0 Å². The first-order chi connectivity index (χ1) is 9.42. The average Bonchev–Trinajstić information content (AvgIpc) is 2.87. The molecule has 0 aromatic rings. The van der Waals surface area contributed by atoms with Crippen molar-refractivity contribution < 1.29 is 19.0 Å². The summed E-state index contributed by atoms with van der Waals surface area (Å²) >= 11 is 0. The van der Waals surface area contributed by atoms with Crippen molar-refractivity contribution in [1.29, 1.82) is 0 Å². The van der Waals surface area contributed by atoms with E-state index in [1.54, 1.807) is 21.1 Å². The van der Waals surface area contributed by atoms with Gasteiger partial charge in [-0.05, 0) is 33.6 Å². The Balaban J connectivity index is 2.64. The Hall–Kier alpha value is -1.14. The van der Waals surface area contributed by atoms with Crippen molar-refractivity contribution in [3.05, 3.63) is 0 Å². The molecule has 1 rings (SSSR count). The molecule has 1 saturated heterocycles. The van der Waals surface area contributed by atoms with Gasteiger partial charge in [0.05, 0.1) is 18.2 Å². The highest BCUT2D eigenvalue weighted by molar-refractivity contribution is 6.35. The molecule has 0 aromatic carbocycles. The lowest BCUT2D eigenvalue weighted by Gasteiger charge is -2.35. The van der Waals surface area contributed by atoms with Gasteiger partial charge in [-0.15, -0.1) is 0 Å². The predicted octanol–water partition coefficient (Wildman–Crippen LogP) is 1.44. The normalized spacial score (nSPS) is 20.4. The first-order valence-corrected chi connectivity index (χ1v) is 6.95. The number of ether oxygens (including phenoxy) is 3. The molecule has 0 aliphatic carbocycles. The van der Waals surface area contributed by atoms with E-state index in [0.29, 0.717) is 12.3 Å². The van der Waals surface area contributed by atoms with E-state index < -0.39 is 5.97 Å². The number of esters is 1. The summed E-state index contributed by atoms with van der Waals surface area (Å²) in [5, 5.41) is 6.35. The minimum atomic E-state index is -0.400. The predicted molar refractivity (Wildman–Crippen MR) is 76.8 cm³/mol. The van der Waals surface area contributed by atoms with Gasteiger partial charge in [0.1, 0.15) is 12.3 Å². The number of carbonyl (C=O) groups is 1. The fourth-order valence-electron chi connectivity index (χ4n) is 2.27. The van der Waals surface area contributed by atoms with Gasteiger partial charge in [0.25, 0.3) is 0 Å². The Morgan fingerprint density at radius 2 is 2.05 bits per heavy atom. The molecule has 0 aromatic heterocycles. The number of methoxy groups -OCH3 is 2. The van der Waals surface area contributed by atoms with Gasteiger partial charge < -0.3 is 14.2 Å². The molecule has 0 saturated carbocycles. The van der Waals surface area contributed by atoms with Crippen LogP contribution < -0.4 is 0 Å². The highest BCUT2D eigenvalue weighted by Gasteiger charge is 2.37. The smallest absolute Gasteiger partial charge is 0.354 e. The second kappa shape index (κ2) is 7.59. The largest absolute Gasteiger partial charge is 0.459 e. The van der Waals surface area contributed by atoms with E-state index in [1.807, 2.05) is 18.9 Å². The fraction of sp³-hybridized carbons (Fsp3) is 0.857. The maximum absolute atomic E-state index is 11.8. The molecule has 1 aliphatic heterocycles. The van der Waals surface area contributed by atoms with Crippen molar-refractivity contribution in [1.82, 2.24) is 5.01 Å². The molecule has 6 heteroatoms. The zero-order chi connectivity index (χ0) is 15.2. The summed E-state index contributed by atoms with van der Waals surface area (Å²) < 4.78 is 15.4. The molecule has 0 spiro atoms. The van der Waals surface area contributed by atoms with Gasteiger partial charge in [-0.2, -0.15) is 5.10 Å². The minimum absolute atomic E-state index is 0.175. The molecule has 20 heavy (non-hydrogen) atoms. The standard InChI is InChI=1S/C14H26N2O4/c1-11(13(17)20-10-9-18-4)15-16-8-6-7-12(16)14(2,3)19-5/h12H,6-10H2,1-5H3/b15-11+/t12-/m0/s1. The highest BCUT2D eigenvalue weighted by Crippen LogP contribution is 2.29. The van der Waals surface area contributed by atoms with Gasteiger partial charge >= 0.3 is 5.97 Å². The summed E-state index contributed by atoms with van der Waals surface area (Å²) in [6.07, 6.45) is 2.06.